The van der Waals surface area contributed by atoms with E-state index >= 15 is 0 Å². The molecule has 0 aliphatic heterocycles. The highest BCUT2D eigenvalue weighted by Gasteiger charge is 2.37. The van der Waals surface area contributed by atoms with Gasteiger partial charge < -0.3 is 4.42 Å². The molecule has 0 amide bonds. The molecule has 1 heterocycles. The highest BCUT2D eigenvalue weighted by molar-refractivity contribution is 6.07. The highest BCUT2D eigenvalue weighted by Crippen LogP contribution is 2.43. The van der Waals surface area contributed by atoms with Gasteiger partial charge in [0.05, 0.1) is 0 Å². The summed E-state index contributed by atoms with van der Waals surface area (Å²) in [5, 5.41) is 0.636. The lowest BCUT2D eigenvalue weighted by atomic mass is 9.95. The first-order chi connectivity index (χ1) is 11.3. The average molecular weight is 336 g/mol. The van der Waals surface area contributed by atoms with Gasteiger partial charge in [-0.05, 0) is 36.6 Å². The van der Waals surface area contributed by atoms with E-state index in [-0.39, 0.29) is 22.3 Å². The summed E-state index contributed by atoms with van der Waals surface area (Å²) in [4.78, 5) is 0. The van der Waals surface area contributed by atoms with Crippen molar-refractivity contribution in [2.24, 2.45) is 0 Å². The quantitative estimate of drug-likeness (QED) is 0.488. The molecule has 0 unspecified atom stereocenters. The van der Waals surface area contributed by atoms with E-state index < -0.39 is 17.6 Å². The predicted octanol–water partition coefficient (Wildman–Crippen LogP) is 6.65. The first-order valence-electron chi connectivity index (χ1n) is 7.66. The van der Waals surface area contributed by atoms with Crippen molar-refractivity contribution in [1.29, 1.82) is 0 Å². The van der Waals surface area contributed by atoms with Gasteiger partial charge in [0.25, 0.3) is 0 Å². The molecule has 0 fully saturated rings. The van der Waals surface area contributed by atoms with Crippen LogP contribution in [0.15, 0.2) is 29.2 Å². The first kappa shape index (κ1) is 16.6. The highest BCUT2D eigenvalue weighted by atomic mass is 19.4. The molecule has 0 saturated heterocycles. The Morgan fingerprint density at radius 3 is 2.46 bits per heavy atom. The number of benzene rings is 2. The van der Waals surface area contributed by atoms with E-state index in [4.69, 9.17) is 4.42 Å². The predicted molar refractivity (Wildman–Crippen MR) is 87.5 cm³/mol. The second-order valence-electron chi connectivity index (χ2n) is 5.81. The normalized spacial score (nSPS) is 12.2. The fourth-order valence-corrected chi connectivity index (χ4v) is 3.13. The number of halogens is 4. The van der Waals surface area contributed by atoms with Crippen LogP contribution in [0.4, 0.5) is 17.6 Å². The molecule has 126 valence electrons. The Bertz CT molecular complexity index is 948. The number of hydrogen-bond donors (Lipinski definition) is 0. The van der Waals surface area contributed by atoms with Crippen molar-refractivity contribution in [3.8, 4) is 0 Å². The fourth-order valence-electron chi connectivity index (χ4n) is 3.13. The van der Waals surface area contributed by atoms with Gasteiger partial charge in [-0.2, -0.15) is 13.2 Å². The van der Waals surface area contributed by atoms with Crippen LogP contribution < -0.4 is 0 Å². The Labute approximate surface area is 136 Å². The minimum absolute atomic E-state index is 0.139. The van der Waals surface area contributed by atoms with Crippen molar-refractivity contribution in [2.45, 2.75) is 32.9 Å². The van der Waals surface area contributed by atoms with Crippen LogP contribution in [0.25, 0.3) is 28.0 Å². The standard InChI is InChI=1S/C19H16F4O/c1-4-6-12-9-14-13-8-7-11(5-2)16(20)18(13)24-17(14)15(10(12)3)19(21,22)23/h5,7-9H,2,4,6H2,1,3H3. The van der Waals surface area contributed by atoms with Crippen LogP contribution in [0.3, 0.4) is 0 Å². The third kappa shape index (κ3) is 2.39. The summed E-state index contributed by atoms with van der Waals surface area (Å²) >= 11 is 0. The SMILES string of the molecule is C=Cc1ccc2c(oc3c(C(F)(F)F)c(C)c(CCC)cc32)c1F. The number of rotatable bonds is 3. The van der Waals surface area contributed by atoms with Crippen molar-refractivity contribution in [3.05, 3.63) is 52.8 Å². The average Bonchev–Trinajstić information content (AvgIpc) is 2.86. The smallest absolute Gasteiger partial charge is 0.420 e. The molecule has 2 aromatic carbocycles. The van der Waals surface area contributed by atoms with Crippen molar-refractivity contribution >= 4 is 28.0 Å². The summed E-state index contributed by atoms with van der Waals surface area (Å²) in [6.07, 6.45) is -2.03. The van der Waals surface area contributed by atoms with Crippen LogP contribution in [-0.4, -0.2) is 0 Å². The monoisotopic (exact) mass is 336 g/mol. The molecular formula is C19H16F4O. The van der Waals surface area contributed by atoms with Gasteiger partial charge in [0.15, 0.2) is 11.4 Å². The molecule has 1 nitrogen and oxygen atoms in total. The zero-order chi connectivity index (χ0) is 17.6. The van der Waals surface area contributed by atoms with E-state index in [0.717, 1.165) is 0 Å². The topological polar surface area (TPSA) is 13.1 Å². The molecule has 0 atom stereocenters. The molecule has 0 spiro atoms. The Morgan fingerprint density at radius 1 is 1.17 bits per heavy atom. The minimum Gasteiger partial charge on any atom is -0.452 e. The van der Waals surface area contributed by atoms with Crippen LogP contribution >= 0.6 is 0 Å². The van der Waals surface area contributed by atoms with Crippen LogP contribution in [0, 0.1) is 12.7 Å². The number of hydrogen-bond acceptors (Lipinski definition) is 1. The summed E-state index contributed by atoms with van der Waals surface area (Å²) in [5.41, 5.74) is -0.357. The Morgan fingerprint density at radius 2 is 1.88 bits per heavy atom. The van der Waals surface area contributed by atoms with E-state index in [2.05, 4.69) is 6.58 Å². The lowest BCUT2D eigenvalue weighted by Gasteiger charge is -2.14. The van der Waals surface area contributed by atoms with Crippen LogP contribution in [0.2, 0.25) is 0 Å². The van der Waals surface area contributed by atoms with Gasteiger partial charge in [0.2, 0.25) is 0 Å². The molecule has 3 rings (SSSR count). The molecule has 5 heteroatoms. The molecule has 0 radical (unpaired) electrons. The van der Waals surface area contributed by atoms with Gasteiger partial charge in [0.1, 0.15) is 11.1 Å². The van der Waals surface area contributed by atoms with E-state index in [9.17, 15) is 17.6 Å². The van der Waals surface area contributed by atoms with E-state index in [1.807, 2.05) is 6.92 Å². The Kier molecular flexibility index (Phi) is 3.90. The molecule has 3 aromatic rings. The molecule has 1 aromatic heterocycles. The molecule has 24 heavy (non-hydrogen) atoms. The van der Waals surface area contributed by atoms with Crippen LogP contribution in [0.1, 0.15) is 35.6 Å². The maximum atomic E-state index is 14.4. The maximum Gasteiger partial charge on any atom is 0.420 e. The summed E-state index contributed by atoms with van der Waals surface area (Å²) < 4.78 is 60.6. The minimum atomic E-state index is -4.57. The van der Waals surface area contributed by atoms with Gasteiger partial charge in [-0.1, -0.05) is 32.1 Å². The third-order valence-corrected chi connectivity index (χ3v) is 4.29. The van der Waals surface area contributed by atoms with Gasteiger partial charge in [-0.15, -0.1) is 0 Å². The van der Waals surface area contributed by atoms with Crippen molar-refractivity contribution in [3.63, 3.8) is 0 Å². The van der Waals surface area contributed by atoms with E-state index in [1.54, 1.807) is 12.1 Å². The second-order valence-corrected chi connectivity index (χ2v) is 5.81. The Balaban J connectivity index is 2.51. The second kappa shape index (κ2) is 5.65. The van der Waals surface area contributed by atoms with Gasteiger partial charge in [0, 0.05) is 16.3 Å². The van der Waals surface area contributed by atoms with Gasteiger partial charge >= 0.3 is 6.18 Å². The molecule has 0 aliphatic carbocycles. The fraction of sp³-hybridized carbons (Fsp3) is 0.263. The summed E-state index contributed by atoms with van der Waals surface area (Å²) in [7, 11) is 0. The molecule has 0 N–H and O–H groups in total. The van der Waals surface area contributed by atoms with Gasteiger partial charge in [-0.3, -0.25) is 0 Å². The number of alkyl halides is 3. The van der Waals surface area contributed by atoms with E-state index in [0.29, 0.717) is 29.2 Å². The zero-order valence-electron chi connectivity index (χ0n) is 13.4. The van der Waals surface area contributed by atoms with Crippen LogP contribution in [-0.2, 0) is 12.6 Å². The van der Waals surface area contributed by atoms with E-state index in [1.165, 1.54) is 19.1 Å². The van der Waals surface area contributed by atoms with Crippen LogP contribution in [0.5, 0.6) is 0 Å². The maximum absolute atomic E-state index is 14.4. The largest absolute Gasteiger partial charge is 0.452 e. The number of furan rings is 1. The lowest BCUT2D eigenvalue weighted by Crippen LogP contribution is -2.10. The van der Waals surface area contributed by atoms with Gasteiger partial charge in [-0.25, -0.2) is 4.39 Å². The van der Waals surface area contributed by atoms with Crippen molar-refractivity contribution in [2.75, 3.05) is 0 Å². The first-order valence-corrected chi connectivity index (χ1v) is 7.66. The summed E-state index contributed by atoms with van der Waals surface area (Å²) in [6.45, 7) is 6.84. The Hall–Kier alpha value is -2.30. The van der Waals surface area contributed by atoms with Crippen molar-refractivity contribution in [1.82, 2.24) is 0 Å². The molecule has 0 bridgehead atoms. The summed E-state index contributed by atoms with van der Waals surface area (Å²) in [6, 6.07) is 4.75. The van der Waals surface area contributed by atoms with Crippen molar-refractivity contribution < 1.29 is 22.0 Å². The molecule has 0 aliphatic rings. The summed E-state index contributed by atoms with van der Waals surface area (Å²) in [5.74, 6) is -0.693. The third-order valence-electron chi connectivity index (χ3n) is 4.29. The number of fused-ring (bicyclic) bond motifs is 3. The molecular weight excluding hydrogens is 320 g/mol. The number of aryl methyl sites for hydroxylation is 1. The lowest BCUT2D eigenvalue weighted by molar-refractivity contribution is -0.137. The molecule has 0 saturated carbocycles. The zero-order valence-corrected chi connectivity index (χ0v) is 13.4.